The zero-order valence-corrected chi connectivity index (χ0v) is 14.8. The maximum atomic E-state index is 13.1. The second-order valence-corrected chi connectivity index (χ2v) is 6.52. The van der Waals surface area contributed by atoms with Gasteiger partial charge in [0.15, 0.2) is 0 Å². The molecular weight excluding hydrogens is 335 g/mol. The van der Waals surface area contributed by atoms with E-state index in [9.17, 15) is 14.0 Å². The van der Waals surface area contributed by atoms with Crippen molar-refractivity contribution in [3.8, 4) is 0 Å². The van der Waals surface area contributed by atoms with Crippen LogP contribution in [0.1, 0.15) is 51.9 Å². The first-order valence-corrected chi connectivity index (χ1v) is 8.64. The van der Waals surface area contributed by atoms with Crippen LogP contribution in [0.25, 0.3) is 0 Å². The highest BCUT2D eigenvalue weighted by atomic mass is 19.1. The van der Waals surface area contributed by atoms with Gasteiger partial charge in [-0.2, -0.15) is 0 Å². The van der Waals surface area contributed by atoms with E-state index in [1.807, 2.05) is 0 Å². The molecule has 1 heterocycles. The van der Waals surface area contributed by atoms with Crippen LogP contribution in [0, 0.1) is 12.7 Å². The highest BCUT2D eigenvalue weighted by molar-refractivity contribution is 5.95. The number of nitrogens with zero attached hydrogens (tertiary/aromatic N) is 1. The number of halogens is 1. The second kappa shape index (κ2) is 7.23. The Kier molecular flexibility index (Phi) is 5.02. The average molecular weight is 356 g/mol. The summed E-state index contributed by atoms with van der Waals surface area (Å²) in [5.41, 5.74) is 1.97. The van der Waals surface area contributed by atoms with Gasteiger partial charge in [-0.1, -0.05) is 12.1 Å². The summed E-state index contributed by atoms with van der Waals surface area (Å²) in [6, 6.07) is 9.50. The van der Waals surface area contributed by atoms with E-state index in [-0.39, 0.29) is 29.4 Å². The first-order chi connectivity index (χ1) is 12.4. The minimum Gasteiger partial charge on any atom is -0.462 e. The van der Waals surface area contributed by atoms with E-state index >= 15 is 0 Å². The summed E-state index contributed by atoms with van der Waals surface area (Å²) in [4.78, 5) is 28.4. The summed E-state index contributed by atoms with van der Waals surface area (Å²) in [6.45, 7) is 4.16. The lowest BCUT2D eigenvalue weighted by molar-refractivity contribution is 0.0524. The summed E-state index contributed by atoms with van der Waals surface area (Å²) in [6.07, 6.45) is 1.90. The predicted octanol–water partition coefficient (Wildman–Crippen LogP) is 3.17. The van der Waals surface area contributed by atoms with Gasteiger partial charge in [0, 0.05) is 12.0 Å². The molecule has 0 unspecified atom stereocenters. The van der Waals surface area contributed by atoms with Gasteiger partial charge in [-0.15, -0.1) is 0 Å². The molecule has 26 heavy (non-hydrogen) atoms. The Morgan fingerprint density at radius 3 is 2.46 bits per heavy atom. The quantitative estimate of drug-likeness (QED) is 0.807. The lowest BCUT2D eigenvalue weighted by atomic mass is 9.96. The third kappa shape index (κ3) is 3.74. The van der Waals surface area contributed by atoms with E-state index in [0.29, 0.717) is 17.8 Å². The molecule has 1 N–H and O–H groups in total. The van der Waals surface area contributed by atoms with E-state index in [2.05, 4.69) is 10.3 Å². The molecule has 3 rings (SSSR count). The van der Waals surface area contributed by atoms with Crippen molar-refractivity contribution in [2.45, 2.75) is 32.1 Å². The van der Waals surface area contributed by atoms with E-state index in [1.54, 1.807) is 32.0 Å². The van der Waals surface area contributed by atoms with Crippen molar-refractivity contribution in [3.05, 3.63) is 64.7 Å². The molecular formula is C20H21FN2O3. The predicted molar refractivity (Wildman–Crippen MR) is 94.6 cm³/mol. The van der Waals surface area contributed by atoms with Crippen molar-refractivity contribution < 1.29 is 18.7 Å². The molecule has 1 aromatic heterocycles. The maximum absolute atomic E-state index is 13.1. The summed E-state index contributed by atoms with van der Waals surface area (Å²) in [7, 11) is 0. The Balaban J connectivity index is 1.66. The van der Waals surface area contributed by atoms with Crippen LogP contribution in [0.5, 0.6) is 0 Å². The van der Waals surface area contributed by atoms with Gasteiger partial charge in [0.25, 0.3) is 5.91 Å². The Morgan fingerprint density at radius 2 is 1.88 bits per heavy atom. The van der Waals surface area contributed by atoms with Gasteiger partial charge in [-0.3, -0.25) is 4.79 Å². The fourth-order valence-corrected chi connectivity index (χ4v) is 2.97. The lowest BCUT2D eigenvalue weighted by Crippen LogP contribution is -2.33. The molecule has 5 nitrogen and oxygen atoms in total. The fourth-order valence-electron chi connectivity index (χ4n) is 2.97. The van der Waals surface area contributed by atoms with Gasteiger partial charge in [-0.05, 0) is 56.5 Å². The topological polar surface area (TPSA) is 68.3 Å². The molecule has 6 heteroatoms. The Bertz CT molecular complexity index is 829. The molecule has 0 bridgehead atoms. The van der Waals surface area contributed by atoms with Crippen molar-refractivity contribution in [2.75, 3.05) is 13.2 Å². The number of hydrogen-bond donors (Lipinski definition) is 1. The van der Waals surface area contributed by atoms with Crippen LogP contribution in [0.2, 0.25) is 0 Å². The molecule has 2 aromatic rings. The second-order valence-electron chi connectivity index (χ2n) is 6.52. The van der Waals surface area contributed by atoms with Gasteiger partial charge < -0.3 is 10.1 Å². The van der Waals surface area contributed by atoms with Gasteiger partial charge >= 0.3 is 5.97 Å². The van der Waals surface area contributed by atoms with Crippen molar-refractivity contribution in [2.24, 2.45) is 0 Å². The Hall–Kier alpha value is -2.76. The van der Waals surface area contributed by atoms with Crippen LogP contribution in [0.3, 0.4) is 0 Å². The van der Waals surface area contributed by atoms with Crippen LogP contribution < -0.4 is 5.32 Å². The number of pyridine rings is 1. The van der Waals surface area contributed by atoms with Gasteiger partial charge in [-0.25, -0.2) is 14.2 Å². The molecule has 0 saturated heterocycles. The molecule has 136 valence electrons. The van der Waals surface area contributed by atoms with Crippen LogP contribution >= 0.6 is 0 Å². The first kappa shape index (κ1) is 18.0. The molecule has 0 spiro atoms. The van der Waals surface area contributed by atoms with Crippen molar-refractivity contribution in [3.63, 3.8) is 0 Å². The number of rotatable bonds is 6. The number of esters is 1. The number of hydrogen-bond acceptors (Lipinski definition) is 4. The summed E-state index contributed by atoms with van der Waals surface area (Å²) in [5.74, 6) is -1.01. The van der Waals surface area contributed by atoms with E-state index in [1.165, 1.54) is 18.2 Å². The molecule has 0 atom stereocenters. The number of nitrogens with one attached hydrogen (secondary N) is 1. The van der Waals surface area contributed by atoms with Gasteiger partial charge in [0.05, 0.1) is 17.9 Å². The largest absolute Gasteiger partial charge is 0.462 e. The zero-order valence-electron chi connectivity index (χ0n) is 14.8. The van der Waals surface area contributed by atoms with Crippen LogP contribution in [0.4, 0.5) is 4.39 Å². The number of carbonyl (C=O) groups excluding carboxylic acids is 2. The Labute approximate surface area is 151 Å². The molecule has 1 aliphatic rings. The fraction of sp³-hybridized carbons (Fsp3) is 0.350. The third-order valence-corrected chi connectivity index (χ3v) is 4.71. The van der Waals surface area contributed by atoms with Gasteiger partial charge in [0.1, 0.15) is 11.5 Å². The molecule has 1 saturated carbocycles. The smallest absolute Gasteiger partial charge is 0.339 e. The minimum absolute atomic E-state index is 0.122. The number of benzene rings is 1. The average Bonchev–Trinajstić information content (AvgIpc) is 3.41. The van der Waals surface area contributed by atoms with E-state index in [4.69, 9.17) is 4.74 Å². The van der Waals surface area contributed by atoms with Crippen molar-refractivity contribution in [1.82, 2.24) is 10.3 Å². The molecule has 1 amide bonds. The van der Waals surface area contributed by atoms with Crippen LogP contribution in [0.15, 0.2) is 36.4 Å². The molecule has 1 aromatic carbocycles. The standard InChI is InChI=1S/C20H21FN2O3/c1-3-26-19(25)16-8-9-17(23-13(16)2)18(24)22-12-20(10-11-20)14-4-6-15(21)7-5-14/h4-9H,3,10-12H2,1-2H3,(H,22,24). The van der Waals surface area contributed by atoms with Crippen LogP contribution in [-0.4, -0.2) is 30.0 Å². The third-order valence-electron chi connectivity index (χ3n) is 4.71. The first-order valence-electron chi connectivity index (χ1n) is 8.64. The van der Waals surface area contributed by atoms with Crippen LogP contribution in [-0.2, 0) is 10.2 Å². The lowest BCUT2D eigenvalue weighted by Gasteiger charge is -2.16. The molecule has 1 aliphatic carbocycles. The molecule has 0 aliphatic heterocycles. The SMILES string of the molecule is CCOC(=O)c1ccc(C(=O)NCC2(c3ccc(F)cc3)CC2)nc1C. The zero-order chi connectivity index (χ0) is 18.7. The maximum Gasteiger partial charge on any atom is 0.339 e. The minimum atomic E-state index is -0.447. The monoisotopic (exact) mass is 356 g/mol. The number of carbonyl (C=O) groups is 2. The van der Waals surface area contributed by atoms with Gasteiger partial charge in [0.2, 0.25) is 0 Å². The van der Waals surface area contributed by atoms with E-state index in [0.717, 1.165) is 18.4 Å². The van der Waals surface area contributed by atoms with E-state index < -0.39 is 5.97 Å². The number of ether oxygens (including phenoxy) is 1. The van der Waals surface area contributed by atoms with Crippen molar-refractivity contribution >= 4 is 11.9 Å². The Morgan fingerprint density at radius 1 is 1.19 bits per heavy atom. The van der Waals surface area contributed by atoms with Crippen molar-refractivity contribution in [1.29, 1.82) is 0 Å². The summed E-state index contributed by atoms with van der Waals surface area (Å²) < 4.78 is 18.1. The highest BCUT2D eigenvalue weighted by Crippen LogP contribution is 2.47. The highest BCUT2D eigenvalue weighted by Gasteiger charge is 2.44. The number of aromatic nitrogens is 1. The number of aryl methyl sites for hydroxylation is 1. The molecule has 1 fully saturated rings. The summed E-state index contributed by atoms with van der Waals surface area (Å²) >= 11 is 0. The number of amides is 1. The summed E-state index contributed by atoms with van der Waals surface area (Å²) in [5, 5.41) is 2.90. The normalized spacial score (nSPS) is 14.6. The molecule has 0 radical (unpaired) electrons.